The van der Waals surface area contributed by atoms with Crippen LogP contribution in [0.3, 0.4) is 0 Å². The van der Waals surface area contributed by atoms with E-state index in [-0.39, 0.29) is 6.04 Å². The number of nitrogens with one attached hydrogen (secondary N) is 1. The zero-order valence-electron chi connectivity index (χ0n) is 12.4. The van der Waals surface area contributed by atoms with Crippen LogP contribution in [-0.4, -0.2) is 7.05 Å². The monoisotopic (exact) mass is 269 g/mol. The van der Waals surface area contributed by atoms with E-state index in [0.29, 0.717) is 0 Å². The minimum absolute atomic E-state index is 0.259. The second-order valence-electron chi connectivity index (χ2n) is 5.66. The Hall–Kier alpha value is -1.54. The molecule has 1 unspecified atom stereocenters. The van der Waals surface area contributed by atoms with E-state index < -0.39 is 0 Å². The number of rotatable bonds is 5. The van der Waals surface area contributed by atoms with Gasteiger partial charge in [0.15, 0.2) is 0 Å². The summed E-state index contributed by atoms with van der Waals surface area (Å²) in [5.41, 5.74) is 4.49. The first-order chi connectivity index (χ1) is 9.80. The van der Waals surface area contributed by atoms with E-state index in [9.17, 15) is 0 Å². The number of hydrogen-bond acceptors (Lipinski definition) is 2. The molecule has 2 aromatic rings. The van der Waals surface area contributed by atoms with Gasteiger partial charge in [0.05, 0.1) is 6.04 Å². The number of furan rings is 1. The first-order valence-electron chi connectivity index (χ1n) is 7.66. The van der Waals surface area contributed by atoms with Crippen LogP contribution in [-0.2, 0) is 25.7 Å². The van der Waals surface area contributed by atoms with Crippen molar-refractivity contribution in [1.29, 1.82) is 0 Å². The number of fused-ring (bicyclic) bond motifs is 1. The van der Waals surface area contributed by atoms with E-state index in [1.165, 1.54) is 24.8 Å². The second kappa shape index (κ2) is 5.84. The largest absolute Gasteiger partial charge is 0.464 e. The van der Waals surface area contributed by atoms with Crippen molar-refractivity contribution in [3.8, 4) is 0 Å². The van der Waals surface area contributed by atoms with Crippen LogP contribution in [0.25, 0.3) is 0 Å². The fourth-order valence-corrected chi connectivity index (χ4v) is 3.10. The fourth-order valence-electron chi connectivity index (χ4n) is 3.10. The lowest BCUT2D eigenvalue weighted by Crippen LogP contribution is -2.18. The molecular formula is C18H23NO. The molecule has 0 radical (unpaired) electrons. The van der Waals surface area contributed by atoms with Gasteiger partial charge in [0.1, 0.15) is 11.5 Å². The van der Waals surface area contributed by atoms with Crippen LogP contribution in [0.15, 0.2) is 34.7 Å². The smallest absolute Gasteiger partial charge is 0.121 e. The third kappa shape index (κ3) is 2.66. The molecule has 0 saturated heterocycles. The molecule has 2 nitrogen and oxygen atoms in total. The Balaban J connectivity index is 1.77. The van der Waals surface area contributed by atoms with Gasteiger partial charge in [-0.3, -0.25) is 0 Å². The Labute approximate surface area is 121 Å². The molecule has 1 aliphatic carbocycles. The van der Waals surface area contributed by atoms with Gasteiger partial charge in [-0.05, 0) is 61.6 Å². The summed E-state index contributed by atoms with van der Waals surface area (Å²) in [5.74, 6) is 2.11. The number of likely N-dealkylation sites (N-methyl/N-ethyl adjacent to an activating group) is 1. The lowest BCUT2D eigenvalue weighted by atomic mass is 10.00. The first-order valence-corrected chi connectivity index (χ1v) is 7.66. The molecule has 20 heavy (non-hydrogen) atoms. The normalized spacial score (nSPS) is 15.3. The first kappa shape index (κ1) is 13.4. The van der Waals surface area contributed by atoms with E-state index in [1.807, 2.05) is 7.05 Å². The zero-order valence-corrected chi connectivity index (χ0v) is 12.4. The molecule has 0 fully saturated rings. The molecule has 1 heterocycles. The van der Waals surface area contributed by atoms with Gasteiger partial charge in [-0.15, -0.1) is 0 Å². The highest BCUT2D eigenvalue weighted by molar-refractivity contribution is 5.36. The number of aryl methyl sites for hydroxylation is 3. The van der Waals surface area contributed by atoms with Gasteiger partial charge >= 0.3 is 0 Å². The summed E-state index contributed by atoms with van der Waals surface area (Å²) in [5, 5.41) is 3.38. The molecule has 1 aromatic heterocycles. The Morgan fingerprint density at radius 1 is 1.15 bits per heavy atom. The molecular weight excluding hydrogens is 246 g/mol. The van der Waals surface area contributed by atoms with E-state index in [2.05, 4.69) is 42.6 Å². The average molecular weight is 269 g/mol. The summed E-state index contributed by atoms with van der Waals surface area (Å²) >= 11 is 0. The lowest BCUT2D eigenvalue weighted by Gasteiger charge is -2.14. The van der Waals surface area contributed by atoms with Crippen LogP contribution in [0, 0.1) is 0 Å². The van der Waals surface area contributed by atoms with Gasteiger partial charge in [-0.2, -0.15) is 0 Å². The van der Waals surface area contributed by atoms with Gasteiger partial charge in [0.25, 0.3) is 0 Å². The molecule has 106 valence electrons. The van der Waals surface area contributed by atoms with Gasteiger partial charge in [0.2, 0.25) is 0 Å². The third-order valence-electron chi connectivity index (χ3n) is 4.33. The fraction of sp³-hybridized carbons (Fsp3) is 0.444. The van der Waals surface area contributed by atoms with Crippen molar-refractivity contribution in [3.05, 3.63) is 58.5 Å². The molecule has 1 aliphatic rings. The van der Waals surface area contributed by atoms with Crippen molar-refractivity contribution >= 4 is 0 Å². The summed E-state index contributed by atoms with van der Waals surface area (Å²) in [6, 6.07) is 11.4. The van der Waals surface area contributed by atoms with Gasteiger partial charge in [-0.1, -0.05) is 25.1 Å². The standard InChI is InChI=1S/C18H23NO/c1-3-16-9-10-18(20-16)17(19-2)12-13-7-8-14-5-4-6-15(14)11-13/h7-11,17,19H,3-6,12H2,1-2H3. The maximum absolute atomic E-state index is 5.89. The maximum Gasteiger partial charge on any atom is 0.121 e. The van der Waals surface area contributed by atoms with E-state index in [0.717, 1.165) is 24.4 Å². The maximum atomic E-state index is 5.89. The van der Waals surface area contributed by atoms with Crippen molar-refractivity contribution in [2.75, 3.05) is 7.05 Å². The van der Waals surface area contributed by atoms with Gasteiger partial charge in [0, 0.05) is 6.42 Å². The predicted octanol–water partition coefficient (Wildman–Crippen LogP) is 3.83. The summed E-state index contributed by atoms with van der Waals surface area (Å²) < 4.78 is 5.89. The van der Waals surface area contributed by atoms with Crippen molar-refractivity contribution in [2.24, 2.45) is 0 Å². The van der Waals surface area contributed by atoms with Crippen molar-refractivity contribution in [3.63, 3.8) is 0 Å². The highest BCUT2D eigenvalue weighted by Crippen LogP contribution is 2.26. The summed E-state index contributed by atoms with van der Waals surface area (Å²) in [6.07, 6.45) is 5.75. The zero-order chi connectivity index (χ0) is 13.9. The van der Waals surface area contributed by atoms with Crippen LogP contribution in [0.5, 0.6) is 0 Å². The molecule has 2 heteroatoms. The summed E-state index contributed by atoms with van der Waals surface area (Å²) in [4.78, 5) is 0. The summed E-state index contributed by atoms with van der Waals surface area (Å²) in [6.45, 7) is 2.12. The van der Waals surface area contributed by atoms with Gasteiger partial charge in [-0.25, -0.2) is 0 Å². The Morgan fingerprint density at radius 3 is 2.75 bits per heavy atom. The minimum Gasteiger partial charge on any atom is -0.464 e. The van der Waals surface area contributed by atoms with E-state index in [1.54, 1.807) is 11.1 Å². The molecule has 1 N–H and O–H groups in total. The van der Waals surface area contributed by atoms with Crippen LogP contribution in [0.4, 0.5) is 0 Å². The quantitative estimate of drug-likeness (QED) is 0.892. The molecule has 0 amide bonds. The highest BCUT2D eigenvalue weighted by atomic mass is 16.3. The number of benzene rings is 1. The van der Waals surface area contributed by atoms with Crippen LogP contribution >= 0.6 is 0 Å². The Morgan fingerprint density at radius 2 is 2.00 bits per heavy atom. The van der Waals surface area contributed by atoms with Crippen molar-refractivity contribution in [2.45, 2.75) is 45.1 Å². The SMILES string of the molecule is CCc1ccc(C(Cc2ccc3c(c2)CCC3)NC)o1. The molecule has 0 saturated carbocycles. The highest BCUT2D eigenvalue weighted by Gasteiger charge is 2.16. The third-order valence-corrected chi connectivity index (χ3v) is 4.33. The lowest BCUT2D eigenvalue weighted by molar-refractivity contribution is 0.407. The van der Waals surface area contributed by atoms with Crippen molar-refractivity contribution < 1.29 is 4.42 Å². The Kier molecular flexibility index (Phi) is 3.93. The molecule has 1 aromatic carbocycles. The molecule has 1 atom stereocenters. The topological polar surface area (TPSA) is 25.2 Å². The molecule has 3 rings (SSSR count). The van der Waals surface area contributed by atoms with E-state index >= 15 is 0 Å². The molecule has 0 spiro atoms. The second-order valence-corrected chi connectivity index (χ2v) is 5.66. The predicted molar refractivity (Wildman–Crippen MR) is 82.1 cm³/mol. The molecule has 0 bridgehead atoms. The average Bonchev–Trinajstić information content (AvgIpc) is 3.12. The molecule has 0 aliphatic heterocycles. The van der Waals surface area contributed by atoms with Crippen LogP contribution in [0.1, 0.15) is 47.6 Å². The van der Waals surface area contributed by atoms with E-state index in [4.69, 9.17) is 4.42 Å². The minimum atomic E-state index is 0.259. The number of hydrogen-bond donors (Lipinski definition) is 1. The van der Waals surface area contributed by atoms with Gasteiger partial charge < -0.3 is 9.73 Å². The van der Waals surface area contributed by atoms with Crippen LogP contribution < -0.4 is 5.32 Å². The summed E-state index contributed by atoms with van der Waals surface area (Å²) in [7, 11) is 2.01. The Bertz CT molecular complexity index is 585. The van der Waals surface area contributed by atoms with Crippen molar-refractivity contribution in [1.82, 2.24) is 5.32 Å². The van der Waals surface area contributed by atoms with Crippen LogP contribution in [0.2, 0.25) is 0 Å².